The van der Waals surface area contributed by atoms with Gasteiger partial charge in [-0.15, -0.1) is 11.3 Å². The molecule has 2 heterocycles. The van der Waals surface area contributed by atoms with Crippen molar-refractivity contribution in [3.8, 4) is 11.5 Å². The predicted octanol–water partition coefficient (Wildman–Crippen LogP) is 4.16. The van der Waals surface area contributed by atoms with Crippen LogP contribution in [0.5, 0.6) is 11.5 Å². The number of aliphatic hydroxyl groups excluding tert-OH is 1. The van der Waals surface area contributed by atoms with Crippen molar-refractivity contribution in [2.75, 3.05) is 27.4 Å². The van der Waals surface area contributed by atoms with Crippen LogP contribution in [0.3, 0.4) is 0 Å². The van der Waals surface area contributed by atoms with Crippen molar-refractivity contribution in [2.24, 2.45) is 0 Å². The quantitative estimate of drug-likeness (QED) is 0.437. The van der Waals surface area contributed by atoms with Crippen LogP contribution in [-0.4, -0.2) is 55.2 Å². The molecule has 0 radical (unpaired) electrons. The molecule has 0 saturated heterocycles. The molecular weight excluding hydrogens is 418 g/mol. The van der Waals surface area contributed by atoms with Crippen molar-refractivity contribution >= 4 is 23.0 Å². The number of amides is 1. The summed E-state index contributed by atoms with van der Waals surface area (Å²) in [6.07, 6.45) is 0.653. The number of aliphatic hydroxyl groups is 1. The Morgan fingerprint density at radius 2 is 1.94 bits per heavy atom. The minimum absolute atomic E-state index is 0.0736. The first-order chi connectivity index (χ1) is 14.9. The predicted molar refractivity (Wildman–Crippen MR) is 118 cm³/mol. The summed E-state index contributed by atoms with van der Waals surface area (Å²) in [4.78, 5) is 28.2. The fraction of sp³-hybridized carbons (Fsp3) is 0.391. The average Bonchev–Trinajstić information content (AvgIpc) is 3.38. The number of nitrogens with zero attached hydrogens (tertiary/aromatic N) is 1. The fourth-order valence-electron chi connectivity index (χ4n) is 3.58. The minimum atomic E-state index is -0.735. The van der Waals surface area contributed by atoms with E-state index in [2.05, 4.69) is 0 Å². The first kappa shape index (κ1) is 22.8. The van der Waals surface area contributed by atoms with Gasteiger partial charge in [0, 0.05) is 13.2 Å². The molecule has 0 saturated carbocycles. The van der Waals surface area contributed by atoms with Gasteiger partial charge in [-0.3, -0.25) is 9.59 Å². The Kier molecular flexibility index (Phi) is 7.35. The second-order valence-corrected chi connectivity index (χ2v) is 8.31. The molecule has 7 nitrogen and oxygen atoms in total. The zero-order valence-electron chi connectivity index (χ0n) is 18.1. The summed E-state index contributed by atoms with van der Waals surface area (Å²) in [6, 6.07) is 7.94. The molecule has 2 aromatic rings. The lowest BCUT2D eigenvalue weighted by atomic mass is 9.95. The third-order valence-corrected chi connectivity index (χ3v) is 5.88. The Balaban J connectivity index is 2.00. The van der Waals surface area contributed by atoms with E-state index in [-0.39, 0.29) is 17.5 Å². The third-order valence-electron chi connectivity index (χ3n) is 5.01. The summed E-state index contributed by atoms with van der Waals surface area (Å²) in [6.45, 7) is 4.68. The highest BCUT2D eigenvalue weighted by atomic mass is 32.1. The molecule has 1 aliphatic rings. The van der Waals surface area contributed by atoms with Crippen LogP contribution in [0.25, 0.3) is 0 Å². The molecule has 0 spiro atoms. The topological polar surface area (TPSA) is 85.3 Å². The van der Waals surface area contributed by atoms with E-state index in [9.17, 15) is 14.7 Å². The number of rotatable bonds is 10. The second kappa shape index (κ2) is 9.98. The van der Waals surface area contributed by atoms with Crippen molar-refractivity contribution in [1.29, 1.82) is 0 Å². The van der Waals surface area contributed by atoms with Gasteiger partial charge in [0.05, 0.1) is 36.8 Å². The number of hydrogen-bond acceptors (Lipinski definition) is 7. The smallest absolute Gasteiger partial charge is 0.290 e. The number of Topliss-reactive ketones (excluding diaryl/α,β-unsaturated/α-hetero) is 1. The van der Waals surface area contributed by atoms with Gasteiger partial charge in [0.2, 0.25) is 5.78 Å². The summed E-state index contributed by atoms with van der Waals surface area (Å²) in [5.41, 5.74) is 0.726. The Morgan fingerprint density at radius 1 is 1.19 bits per heavy atom. The maximum Gasteiger partial charge on any atom is 0.290 e. The largest absolute Gasteiger partial charge is 0.503 e. The van der Waals surface area contributed by atoms with Gasteiger partial charge in [-0.25, -0.2) is 0 Å². The molecule has 3 rings (SSSR count). The lowest BCUT2D eigenvalue weighted by Gasteiger charge is -2.27. The number of thiophene rings is 1. The molecule has 0 fully saturated rings. The highest BCUT2D eigenvalue weighted by molar-refractivity contribution is 7.12. The van der Waals surface area contributed by atoms with E-state index < -0.39 is 17.7 Å². The summed E-state index contributed by atoms with van der Waals surface area (Å²) in [7, 11) is 3.06. The van der Waals surface area contributed by atoms with Crippen molar-refractivity contribution in [1.82, 2.24) is 4.90 Å². The molecule has 166 valence electrons. The van der Waals surface area contributed by atoms with Gasteiger partial charge >= 0.3 is 0 Å². The van der Waals surface area contributed by atoms with E-state index >= 15 is 0 Å². The van der Waals surface area contributed by atoms with Crippen molar-refractivity contribution in [2.45, 2.75) is 32.4 Å². The van der Waals surface area contributed by atoms with Gasteiger partial charge in [0.1, 0.15) is 0 Å². The summed E-state index contributed by atoms with van der Waals surface area (Å²) < 4.78 is 16.3. The third kappa shape index (κ3) is 4.75. The maximum absolute atomic E-state index is 13.2. The highest BCUT2D eigenvalue weighted by Gasteiger charge is 2.44. The summed E-state index contributed by atoms with van der Waals surface area (Å²) in [5.74, 6) is -0.426. The molecule has 1 aromatic carbocycles. The van der Waals surface area contributed by atoms with Gasteiger partial charge in [-0.05, 0) is 49.4 Å². The maximum atomic E-state index is 13.2. The molecule has 31 heavy (non-hydrogen) atoms. The standard InChI is InChI=1S/C23H27NO6S/c1-14(2)30-11-6-10-24-20(15-8-9-16(28-3)17(13-15)29-4)19(22(26)23(24)27)21(25)18-7-5-12-31-18/h5,7-9,12-14,20,26H,6,10-11H2,1-4H3. The molecule has 1 atom stereocenters. The Bertz CT molecular complexity index is 966. The van der Waals surface area contributed by atoms with Crippen molar-refractivity contribution in [3.05, 3.63) is 57.5 Å². The van der Waals surface area contributed by atoms with Crippen LogP contribution in [0, 0.1) is 0 Å². The van der Waals surface area contributed by atoms with E-state index in [4.69, 9.17) is 14.2 Å². The Labute approximate surface area is 185 Å². The normalized spacial score (nSPS) is 16.4. The van der Waals surface area contributed by atoms with Crippen molar-refractivity contribution in [3.63, 3.8) is 0 Å². The van der Waals surface area contributed by atoms with Gasteiger partial charge in [0.15, 0.2) is 17.3 Å². The monoisotopic (exact) mass is 445 g/mol. The molecule has 1 unspecified atom stereocenters. The first-order valence-corrected chi connectivity index (χ1v) is 10.9. The number of hydrogen-bond donors (Lipinski definition) is 1. The number of carbonyl (C=O) groups is 2. The SMILES string of the molecule is COc1ccc(C2C(C(=O)c3cccs3)=C(O)C(=O)N2CCCOC(C)C)cc1OC. The molecule has 1 aromatic heterocycles. The number of ether oxygens (including phenoxy) is 3. The Morgan fingerprint density at radius 3 is 2.55 bits per heavy atom. The minimum Gasteiger partial charge on any atom is -0.503 e. The number of benzene rings is 1. The molecule has 0 aliphatic carbocycles. The van der Waals surface area contributed by atoms with Crippen LogP contribution >= 0.6 is 11.3 Å². The van der Waals surface area contributed by atoms with Crippen LogP contribution in [0.2, 0.25) is 0 Å². The highest BCUT2D eigenvalue weighted by Crippen LogP contribution is 2.42. The van der Waals surface area contributed by atoms with E-state index in [0.717, 1.165) is 0 Å². The molecule has 0 bridgehead atoms. The number of carbonyl (C=O) groups excluding carboxylic acids is 2. The van der Waals surface area contributed by atoms with Gasteiger partial charge in [0.25, 0.3) is 5.91 Å². The van der Waals surface area contributed by atoms with Crippen LogP contribution in [0.4, 0.5) is 0 Å². The molecule has 8 heteroatoms. The first-order valence-electron chi connectivity index (χ1n) is 10.0. The lowest BCUT2D eigenvalue weighted by molar-refractivity contribution is -0.129. The van der Waals surface area contributed by atoms with Crippen molar-refractivity contribution < 1.29 is 28.9 Å². The van der Waals surface area contributed by atoms with Crippen LogP contribution in [0.15, 0.2) is 47.0 Å². The van der Waals surface area contributed by atoms with E-state index in [0.29, 0.717) is 41.5 Å². The zero-order chi connectivity index (χ0) is 22.5. The molecular formula is C23H27NO6S. The molecule has 1 amide bonds. The molecule has 1 N–H and O–H groups in total. The summed E-state index contributed by atoms with van der Waals surface area (Å²) >= 11 is 1.27. The van der Waals surface area contributed by atoms with Crippen LogP contribution < -0.4 is 9.47 Å². The summed E-state index contributed by atoms with van der Waals surface area (Å²) in [5, 5.41) is 12.5. The van der Waals surface area contributed by atoms with E-state index in [1.165, 1.54) is 30.5 Å². The fourth-order valence-corrected chi connectivity index (χ4v) is 4.26. The van der Waals surface area contributed by atoms with E-state index in [1.807, 2.05) is 13.8 Å². The van der Waals surface area contributed by atoms with Gasteiger partial charge < -0.3 is 24.2 Å². The lowest BCUT2D eigenvalue weighted by Crippen LogP contribution is -2.32. The zero-order valence-corrected chi connectivity index (χ0v) is 18.9. The van der Waals surface area contributed by atoms with Crippen LogP contribution in [-0.2, 0) is 9.53 Å². The number of methoxy groups -OCH3 is 2. The van der Waals surface area contributed by atoms with Crippen LogP contribution in [0.1, 0.15) is 41.5 Å². The Hall–Kier alpha value is -2.84. The van der Waals surface area contributed by atoms with Gasteiger partial charge in [-0.1, -0.05) is 12.1 Å². The molecule has 1 aliphatic heterocycles. The van der Waals surface area contributed by atoms with E-state index in [1.54, 1.807) is 35.7 Å². The second-order valence-electron chi connectivity index (χ2n) is 7.36. The number of ketones is 1. The average molecular weight is 446 g/mol. The van der Waals surface area contributed by atoms with Gasteiger partial charge in [-0.2, -0.15) is 0 Å².